The second kappa shape index (κ2) is 8.98. The number of hydrogen-bond donors (Lipinski definition) is 2. The molecule has 7 heteroatoms. The molecule has 0 fully saturated rings. The summed E-state index contributed by atoms with van der Waals surface area (Å²) in [7, 11) is 0. The summed E-state index contributed by atoms with van der Waals surface area (Å²) in [5, 5.41) is 5.62. The van der Waals surface area contributed by atoms with Crippen molar-refractivity contribution in [2.24, 2.45) is 0 Å². The molecule has 1 aromatic carbocycles. The van der Waals surface area contributed by atoms with E-state index in [-0.39, 0.29) is 6.54 Å². The van der Waals surface area contributed by atoms with Gasteiger partial charge in [-0.2, -0.15) is 0 Å². The molecule has 1 aromatic rings. The average molecular weight is 368 g/mol. The van der Waals surface area contributed by atoms with E-state index in [4.69, 9.17) is 9.47 Å². The highest BCUT2D eigenvalue weighted by Crippen LogP contribution is 2.15. The van der Waals surface area contributed by atoms with E-state index >= 15 is 0 Å². The van der Waals surface area contributed by atoms with E-state index in [1.807, 2.05) is 0 Å². The third-order valence-electron chi connectivity index (χ3n) is 2.97. The van der Waals surface area contributed by atoms with Crippen LogP contribution in [-0.4, -0.2) is 36.4 Å². The minimum atomic E-state index is -0.614. The average Bonchev–Trinajstić information content (AvgIpc) is 2.44. The highest BCUT2D eigenvalue weighted by molar-refractivity contribution is 5.89. The van der Waals surface area contributed by atoms with Crippen LogP contribution in [0.3, 0.4) is 0 Å². The van der Waals surface area contributed by atoms with Crippen LogP contribution in [0.25, 0.3) is 0 Å². The Morgan fingerprint density at radius 2 is 1.62 bits per heavy atom. The van der Waals surface area contributed by atoms with E-state index in [2.05, 4.69) is 10.6 Å². The standard InChI is InChI=1S/C19H29FN2O4/c1-18(2,3)25-16(23)13-7-8-15(20)14(11-13)12-21-9-10-22-17(24)26-19(4,5)6/h7-8,11,21H,9-10,12H2,1-6H3,(H,22,24). The topological polar surface area (TPSA) is 76.7 Å². The van der Waals surface area contributed by atoms with E-state index < -0.39 is 29.1 Å². The molecule has 0 aromatic heterocycles. The number of halogens is 1. The van der Waals surface area contributed by atoms with Crippen LogP contribution >= 0.6 is 0 Å². The number of carbonyl (C=O) groups excluding carboxylic acids is 2. The van der Waals surface area contributed by atoms with Crippen molar-refractivity contribution in [3.8, 4) is 0 Å². The molecule has 2 N–H and O–H groups in total. The van der Waals surface area contributed by atoms with Gasteiger partial charge < -0.3 is 20.1 Å². The van der Waals surface area contributed by atoms with Crippen molar-refractivity contribution in [1.82, 2.24) is 10.6 Å². The van der Waals surface area contributed by atoms with Crippen molar-refractivity contribution >= 4 is 12.1 Å². The van der Waals surface area contributed by atoms with Gasteiger partial charge in [0.25, 0.3) is 0 Å². The van der Waals surface area contributed by atoms with Gasteiger partial charge in [-0.25, -0.2) is 14.0 Å². The van der Waals surface area contributed by atoms with Gasteiger partial charge in [0, 0.05) is 25.2 Å². The Labute approximate surface area is 154 Å². The molecule has 0 spiro atoms. The molecule has 0 saturated heterocycles. The summed E-state index contributed by atoms with van der Waals surface area (Å²) in [4.78, 5) is 23.6. The lowest BCUT2D eigenvalue weighted by Crippen LogP contribution is -2.36. The minimum Gasteiger partial charge on any atom is -0.456 e. The largest absolute Gasteiger partial charge is 0.456 e. The van der Waals surface area contributed by atoms with Gasteiger partial charge in [-0.05, 0) is 59.7 Å². The highest BCUT2D eigenvalue weighted by atomic mass is 19.1. The Bertz CT molecular complexity index is 633. The predicted octanol–water partition coefficient (Wildman–Crippen LogP) is 3.40. The molecule has 0 aliphatic heterocycles. The first-order chi connectivity index (χ1) is 11.9. The van der Waals surface area contributed by atoms with Crippen molar-refractivity contribution in [3.05, 3.63) is 35.1 Å². The summed E-state index contributed by atoms with van der Waals surface area (Å²) in [6.45, 7) is 11.6. The molecule has 1 rings (SSSR count). The van der Waals surface area contributed by atoms with E-state index in [1.54, 1.807) is 41.5 Å². The van der Waals surface area contributed by atoms with Crippen LogP contribution in [0.2, 0.25) is 0 Å². The van der Waals surface area contributed by atoms with Crippen LogP contribution in [0.1, 0.15) is 57.5 Å². The molecule has 6 nitrogen and oxygen atoms in total. The maximum Gasteiger partial charge on any atom is 0.407 e. The van der Waals surface area contributed by atoms with E-state index in [0.29, 0.717) is 24.2 Å². The van der Waals surface area contributed by atoms with Crippen LogP contribution < -0.4 is 10.6 Å². The van der Waals surface area contributed by atoms with Gasteiger partial charge in [-0.3, -0.25) is 0 Å². The first-order valence-electron chi connectivity index (χ1n) is 8.57. The van der Waals surface area contributed by atoms with Gasteiger partial charge in [-0.15, -0.1) is 0 Å². The first-order valence-corrected chi connectivity index (χ1v) is 8.57. The van der Waals surface area contributed by atoms with Crippen LogP contribution in [0, 0.1) is 5.82 Å². The van der Waals surface area contributed by atoms with Crippen molar-refractivity contribution in [3.63, 3.8) is 0 Å². The Balaban J connectivity index is 2.49. The number of hydrogen-bond acceptors (Lipinski definition) is 5. The minimum absolute atomic E-state index is 0.221. The zero-order chi connectivity index (χ0) is 20.0. The molecular weight excluding hydrogens is 339 g/mol. The van der Waals surface area contributed by atoms with Crippen LogP contribution in [0.5, 0.6) is 0 Å². The number of rotatable bonds is 6. The zero-order valence-corrected chi connectivity index (χ0v) is 16.4. The first kappa shape index (κ1) is 21.9. The van der Waals surface area contributed by atoms with Gasteiger partial charge >= 0.3 is 12.1 Å². The lowest BCUT2D eigenvalue weighted by Gasteiger charge is -2.20. The Hall–Kier alpha value is -2.15. The number of alkyl carbamates (subject to hydrolysis) is 1. The maximum atomic E-state index is 13.9. The number of esters is 1. The Kier molecular flexibility index (Phi) is 7.56. The zero-order valence-electron chi connectivity index (χ0n) is 16.4. The van der Waals surface area contributed by atoms with Crippen molar-refractivity contribution in [2.45, 2.75) is 59.3 Å². The summed E-state index contributed by atoms with van der Waals surface area (Å²) in [6, 6.07) is 4.11. The second-order valence-corrected chi connectivity index (χ2v) is 7.91. The summed E-state index contributed by atoms with van der Waals surface area (Å²) in [5.74, 6) is -0.907. The van der Waals surface area contributed by atoms with Crippen molar-refractivity contribution in [1.29, 1.82) is 0 Å². The Morgan fingerprint density at radius 1 is 1.00 bits per heavy atom. The molecule has 0 aliphatic rings. The van der Waals surface area contributed by atoms with Crippen LogP contribution in [0.4, 0.5) is 9.18 Å². The molecule has 1 amide bonds. The van der Waals surface area contributed by atoms with E-state index in [0.717, 1.165) is 0 Å². The number of amides is 1. The van der Waals surface area contributed by atoms with Crippen LogP contribution in [0.15, 0.2) is 18.2 Å². The van der Waals surface area contributed by atoms with Gasteiger partial charge in [0.05, 0.1) is 5.56 Å². The molecule has 0 aliphatic carbocycles. The van der Waals surface area contributed by atoms with Crippen LogP contribution in [-0.2, 0) is 16.0 Å². The fraction of sp³-hybridized carbons (Fsp3) is 0.579. The lowest BCUT2D eigenvalue weighted by atomic mass is 10.1. The summed E-state index contributed by atoms with van der Waals surface area (Å²) >= 11 is 0. The normalized spacial score (nSPS) is 11.8. The quantitative estimate of drug-likeness (QED) is 0.594. The molecule has 146 valence electrons. The fourth-order valence-electron chi connectivity index (χ4n) is 1.96. The van der Waals surface area contributed by atoms with Gasteiger partial charge in [0.2, 0.25) is 0 Å². The number of ether oxygens (including phenoxy) is 2. The van der Waals surface area contributed by atoms with Gasteiger partial charge in [0.1, 0.15) is 17.0 Å². The monoisotopic (exact) mass is 368 g/mol. The second-order valence-electron chi connectivity index (χ2n) is 7.91. The van der Waals surface area contributed by atoms with E-state index in [1.165, 1.54) is 18.2 Å². The molecule has 0 saturated carbocycles. The van der Waals surface area contributed by atoms with Gasteiger partial charge in [0.15, 0.2) is 0 Å². The third-order valence-corrected chi connectivity index (χ3v) is 2.97. The lowest BCUT2D eigenvalue weighted by molar-refractivity contribution is 0.00690. The molecule has 0 radical (unpaired) electrons. The molecule has 0 heterocycles. The Morgan fingerprint density at radius 3 is 2.19 bits per heavy atom. The number of benzene rings is 1. The molecule has 0 atom stereocenters. The third kappa shape index (κ3) is 8.80. The molecule has 0 unspecified atom stereocenters. The fourth-order valence-corrected chi connectivity index (χ4v) is 1.96. The summed E-state index contributed by atoms with van der Waals surface area (Å²) in [5.41, 5.74) is -0.518. The SMILES string of the molecule is CC(C)(C)OC(=O)NCCNCc1cc(C(=O)OC(C)(C)C)ccc1F. The van der Waals surface area contributed by atoms with E-state index in [9.17, 15) is 14.0 Å². The smallest absolute Gasteiger partial charge is 0.407 e. The summed E-state index contributed by atoms with van der Waals surface area (Å²) < 4.78 is 24.3. The van der Waals surface area contributed by atoms with Crippen molar-refractivity contribution < 1.29 is 23.5 Å². The number of nitrogens with one attached hydrogen (secondary N) is 2. The van der Waals surface area contributed by atoms with Crippen molar-refractivity contribution in [2.75, 3.05) is 13.1 Å². The highest BCUT2D eigenvalue weighted by Gasteiger charge is 2.19. The molecular formula is C19H29FN2O4. The molecule has 0 bridgehead atoms. The summed E-state index contributed by atoms with van der Waals surface area (Å²) in [6.07, 6.45) is -0.502. The maximum absolute atomic E-state index is 13.9. The predicted molar refractivity (Wildman–Crippen MR) is 97.5 cm³/mol. The molecule has 26 heavy (non-hydrogen) atoms. The van der Waals surface area contributed by atoms with Gasteiger partial charge in [-0.1, -0.05) is 0 Å². The number of carbonyl (C=O) groups is 2.